The summed E-state index contributed by atoms with van der Waals surface area (Å²) >= 11 is 0. The van der Waals surface area contributed by atoms with Crippen LogP contribution in [-0.2, 0) is 10.2 Å². The number of nitrogens with two attached hydrogens (primary N) is 1. The van der Waals surface area contributed by atoms with Crippen molar-refractivity contribution in [3.63, 3.8) is 0 Å². The highest BCUT2D eigenvalue weighted by atomic mass is 16.1. The zero-order chi connectivity index (χ0) is 15.0. The van der Waals surface area contributed by atoms with Gasteiger partial charge in [0.2, 0.25) is 5.91 Å². The van der Waals surface area contributed by atoms with Crippen molar-refractivity contribution >= 4 is 11.6 Å². The molecule has 1 amide bonds. The number of unbranched alkanes of at least 4 members (excludes halogenated alkanes) is 2. The van der Waals surface area contributed by atoms with Gasteiger partial charge in [-0.1, -0.05) is 18.6 Å². The summed E-state index contributed by atoms with van der Waals surface area (Å²) in [6, 6.07) is 9.70. The molecule has 0 aliphatic heterocycles. The number of nitrogens with zero attached hydrogens (tertiary/aromatic N) is 1. The zero-order valence-corrected chi connectivity index (χ0v) is 12.3. The van der Waals surface area contributed by atoms with E-state index in [2.05, 4.69) is 11.4 Å². The van der Waals surface area contributed by atoms with Gasteiger partial charge in [-0.05, 0) is 50.9 Å². The van der Waals surface area contributed by atoms with E-state index in [1.807, 2.05) is 38.1 Å². The third-order valence-electron chi connectivity index (χ3n) is 3.28. The van der Waals surface area contributed by atoms with Gasteiger partial charge in [0, 0.05) is 12.1 Å². The Balaban J connectivity index is 2.50. The molecule has 1 rings (SSSR count). The van der Waals surface area contributed by atoms with Crippen LogP contribution in [0, 0.1) is 11.3 Å². The molecule has 0 saturated heterocycles. The summed E-state index contributed by atoms with van der Waals surface area (Å²) in [5.41, 5.74) is 6.61. The van der Waals surface area contributed by atoms with Crippen molar-refractivity contribution in [2.24, 2.45) is 5.73 Å². The normalized spacial score (nSPS) is 10.9. The van der Waals surface area contributed by atoms with E-state index < -0.39 is 5.41 Å². The molecule has 0 heterocycles. The molecule has 0 aliphatic carbocycles. The monoisotopic (exact) mass is 273 g/mol. The minimum Gasteiger partial charge on any atom is -0.330 e. The second kappa shape index (κ2) is 7.66. The fourth-order valence-corrected chi connectivity index (χ4v) is 1.86. The standard InChI is InChI=1S/C16H23N3O/c1-16(2,12-18)13-7-9-14(10-8-13)19-15(20)6-4-3-5-11-17/h7-10H,3-6,11,17H2,1-2H3,(H,19,20). The molecular formula is C16H23N3O. The quantitative estimate of drug-likeness (QED) is 0.750. The van der Waals surface area contributed by atoms with Crippen LogP contribution >= 0.6 is 0 Å². The van der Waals surface area contributed by atoms with E-state index in [0.717, 1.165) is 30.5 Å². The number of nitriles is 1. The lowest BCUT2D eigenvalue weighted by molar-refractivity contribution is -0.116. The van der Waals surface area contributed by atoms with Crippen molar-refractivity contribution in [3.05, 3.63) is 29.8 Å². The van der Waals surface area contributed by atoms with Crippen LogP contribution < -0.4 is 11.1 Å². The van der Waals surface area contributed by atoms with E-state index in [-0.39, 0.29) is 5.91 Å². The SMILES string of the molecule is CC(C)(C#N)c1ccc(NC(=O)CCCCCN)cc1. The molecule has 4 nitrogen and oxygen atoms in total. The predicted octanol–water partition coefficient (Wildman–Crippen LogP) is 2.95. The molecule has 0 bridgehead atoms. The summed E-state index contributed by atoms with van der Waals surface area (Å²) in [7, 11) is 0. The Morgan fingerprint density at radius 3 is 2.45 bits per heavy atom. The number of hydrogen-bond donors (Lipinski definition) is 2. The van der Waals surface area contributed by atoms with Gasteiger partial charge < -0.3 is 11.1 Å². The van der Waals surface area contributed by atoms with Crippen LogP contribution in [0.15, 0.2) is 24.3 Å². The lowest BCUT2D eigenvalue weighted by atomic mass is 9.86. The number of rotatable bonds is 7. The van der Waals surface area contributed by atoms with E-state index in [4.69, 9.17) is 11.0 Å². The number of nitrogens with one attached hydrogen (secondary N) is 1. The molecule has 0 aliphatic rings. The highest BCUT2D eigenvalue weighted by Crippen LogP contribution is 2.23. The van der Waals surface area contributed by atoms with Gasteiger partial charge in [-0.3, -0.25) is 4.79 Å². The maximum absolute atomic E-state index is 11.7. The maximum Gasteiger partial charge on any atom is 0.224 e. The van der Waals surface area contributed by atoms with Crippen molar-refractivity contribution in [2.45, 2.75) is 44.9 Å². The van der Waals surface area contributed by atoms with Crippen LogP contribution in [0.25, 0.3) is 0 Å². The van der Waals surface area contributed by atoms with Gasteiger partial charge in [0.1, 0.15) is 0 Å². The van der Waals surface area contributed by atoms with Gasteiger partial charge >= 0.3 is 0 Å². The molecule has 3 N–H and O–H groups in total. The Hall–Kier alpha value is -1.86. The van der Waals surface area contributed by atoms with Crippen LogP contribution in [0.2, 0.25) is 0 Å². The third-order valence-corrected chi connectivity index (χ3v) is 3.28. The number of amides is 1. The van der Waals surface area contributed by atoms with Gasteiger partial charge in [-0.2, -0.15) is 5.26 Å². The molecule has 0 atom stereocenters. The molecule has 0 saturated carbocycles. The molecule has 0 radical (unpaired) electrons. The van der Waals surface area contributed by atoms with Crippen LogP contribution in [0.4, 0.5) is 5.69 Å². The molecule has 0 unspecified atom stereocenters. The molecule has 1 aromatic rings. The first-order valence-electron chi connectivity index (χ1n) is 7.01. The summed E-state index contributed by atoms with van der Waals surface area (Å²) in [6.45, 7) is 4.42. The Morgan fingerprint density at radius 1 is 1.25 bits per heavy atom. The van der Waals surface area contributed by atoms with E-state index in [0.29, 0.717) is 13.0 Å². The topological polar surface area (TPSA) is 78.9 Å². The summed E-state index contributed by atoms with van der Waals surface area (Å²) < 4.78 is 0. The Kier molecular flexibility index (Phi) is 6.20. The van der Waals surface area contributed by atoms with E-state index >= 15 is 0 Å². The number of carbonyl (C=O) groups excluding carboxylic acids is 1. The van der Waals surface area contributed by atoms with Gasteiger partial charge in [0.15, 0.2) is 0 Å². The van der Waals surface area contributed by atoms with E-state index in [9.17, 15) is 4.79 Å². The highest BCUT2D eigenvalue weighted by Gasteiger charge is 2.19. The predicted molar refractivity (Wildman–Crippen MR) is 81.2 cm³/mol. The summed E-state index contributed by atoms with van der Waals surface area (Å²) in [4.78, 5) is 11.7. The van der Waals surface area contributed by atoms with Crippen molar-refractivity contribution in [1.82, 2.24) is 0 Å². The third kappa shape index (κ3) is 5.02. The van der Waals surface area contributed by atoms with Gasteiger partial charge in [0.05, 0.1) is 11.5 Å². The van der Waals surface area contributed by atoms with E-state index in [1.165, 1.54) is 0 Å². The second-order valence-corrected chi connectivity index (χ2v) is 5.46. The molecule has 0 fully saturated rings. The number of carbonyl (C=O) groups is 1. The summed E-state index contributed by atoms with van der Waals surface area (Å²) in [5.74, 6) is 0.0225. The number of benzene rings is 1. The largest absolute Gasteiger partial charge is 0.330 e. The second-order valence-electron chi connectivity index (χ2n) is 5.46. The lowest BCUT2D eigenvalue weighted by Crippen LogP contribution is -2.14. The Labute approximate surface area is 121 Å². The summed E-state index contributed by atoms with van der Waals surface area (Å²) in [6.07, 6.45) is 3.33. The van der Waals surface area contributed by atoms with Crippen molar-refractivity contribution in [3.8, 4) is 6.07 Å². The first kappa shape index (κ1) is 16.2. The first-order chi connectivity index (χ1) is 9.49. The minimum atomic E-state index is -0.509. The van der Waals surface area contributed by atoms with Gasteiger partial charge in [-0.15, -0.1) is 0 Å². The average molecular weight is 273 g/mol. The zero-order valence-electron chi connectivity index (χ0n) is 12.3. The Morgan fingerprint density at radius 2 is 1.90 bits per heavy atom. The minimum absolute atomic E-state index is 0.0225. The average Bonchev–Trinajstić information content (AvgIpc) is 2.44. The smallest absolute Gasteiger partial charge is 0.224 e. The molecule has 108 valence electrons. The molecular weight excluding hydrogens is 250 g/mol. The van der Waals surface area contributed by atoms with Crippen LogP contribution in [-0.4, -0.2) is 12.5 Å². The van der Waals surface area contributed by atoms with Crippen LogP contribution in [0.5, 0.6) is 0 Å². The van der Waals surface area contributed by atoms with Crippen LogP contribution in [0.3, 0.4) is 0 Å². The molecule has 4 heteroatoms. The number of anilines is 1. The van der Waals surface area contributed by atoms with Crippen LogP contribution in [0.1, 0.15) is 45.1 Å². The van der Waals surface area contributed by atoms with Crippen molar-refractivity contribution < 1.29 is 4.79 Å². The van der Waals surface area contributed by atoms with E-state index in [1.54, 1.807) is 0 Å². The van der Waals surface area contributed by atoms with Gasteiger partial charge in [-0.25, -0.2) is 0 Å². The van der Waals surface area contributed by atoms with Gasteiger partial charge in [0.25, 0.3) is 0 Å². The first-order valence-corrected chi connectivity index (χ1v) is 7.01. The molecule has 0 aromatic heterocycles. The number of hydrogen-bond acceptors (Lipinski definition) is 3. The molecule has 1 aromatic carbocycles. The van der Waals surface area contributed by atoms with Crippen molar-refractivity contribution in [1.29, 1.82) is 5.26 Å². The fraction of sp³-hybridized carbons (Fsp3) is 0.500. The highest BCUT2D eigenvalue weighted by molar-refractivity contribution is 5.90. The molecule has 20 heavy (non-hydrogen) atoms. The Bertz CT molecular complexity index is 471. The van der Waals surface area contributed by atoms with Crippen molar-refractivity contribution in [2.75, 3.05) is 11.9 Å². The summed E-state index contributed by atoms with van der Waals surface area (Å²) in [5, 5.41) is 11.9. The molecule has 0 spiro atoms. The maximum atomic E-state index is 11.7. The lowest BCUT2D eigenvalue weighted by Gasteiger charge is -2.16. The fourth-order valence-electron chi connectivity index (χ4n) is 1.86.